The number of nitrogens with zero attached hydrogens (tertiary/aromatic N) is 1. The van der Waals surface area contributed by atoms with Crippen molar-refractivity contribution in [3.8, 4) is 11.3 Å². The number of rotatable bonds is 3. The maximum Gasteiger partial charge on any atom is 0.273 e. The van der Waals surface area contributed by atoms with E-state index in [0.29, 0.717) is 11.5 Å². The predicted molar refractivity (Wildman–Crippen MR) is 86.9 cm³/mol. The van der Waals surface area contributed by atoms with Gasteiger partial charge in [0, 0.05) is 23.7 Å². The second kappa shape index (κ2) is 7.42. The van der Waals surface area contributed by atoms with E-state index in [4.69, 9.17) is 10.3 Å². The number of nitrogens with two attached hydrogens (primary N) is 1. The van der Waals surface area contributed by atoms with E-state index in [0.717, 1.165) is 31.2 Å². The third-order valence-electron chi connectivity index (χ3n) is 3.91. The largest absolute Gasteiger partial charge is 0.355 e. The molecule has 22 heavy (non-hydrogen) atoms. The Hall–Kier alpha value is -1.85. The Balaban J connectivity index is 0.00000176. The second-order valence-corrected chi connectivity index (χ2v) is 5.53. The van der Waals surface area contributed by atoms with E-state index in [1.165, 1.54) is 0 Å². The molecule has 0 saturated heterocycles. The van der Waals surface area contributed by atoms with Gasteiger partial charge in [-0.3, -0.25) is 4.79 Å². The first kappa shape index (κ1) is 16.5. The van der Waals surface area contributed by atoms with Crippen LogP contribution in [0.2, 0.25) is 0 Å². The molecule has 1 heterocycles. The summed E-state index contributed by atoms with van der Waals surface area (Å²) in [5.41, 5.74) is 7.10. The van der Waals surface area contributed by atoms with Crippen LogP contribution in [0.25, 0.3) is 11.3 Å². The van der Waals surface area contributed by atoms with Crippen molar-refractivity contribution in [3.05, 3.63) is 42.1 Å². The maximum atomic E-state index is 12.2. The third kappa shape index (κ3) is 3.87. The van der Waals surface area contributed by atoms with Gasteiger partial charge in [0.1, 0.15) is 0 Å². The minimum atomic E-state index is -0.179. The van der Waals surface area contributed by atoms with E-state index in [1.54, 1.807) is 6.07 Å². The third-order valence-corrected chi connectivity index (χ3v) is 3.91. The average Bonchev–Trinajstić information content (AvgIpc) is 3.00. The van der Waals surface area contributed by atoms with Gasteiger partial charge in [-0.05, 0) is 25.7 Å². The lowest BCUT2D eigenvalue weighted by molar-refractivity contribution is 0.0917. The number of carbonyl (C=O) groups excluding carboxylic acids is 1. The lowest BCUT2D eigenvalue weighted by Gasteiger charge is -2.26. The van der Waals surface area contributed by atoms with Gasteiger partial charge >= 0.3 is 0 Å². The fraction of sp³-hybridized carbons (Fsp3) is 0.375. The number of amides is 1. The molecule has 3 rings (SSSR count). The highest BCUT2D eigenvalue weighted by atomic mass is 35.5. The van der Waals surface area contributed by atoms with Gasteiger partial charge in [0.2, 0.25) is 0 Å². The van der Waals surface area contributed by atoms with Crippen molar-refractivity contribution in [2.75, 3.05) is 0 Å². The van der Waals surface area contributed by atoms with Crippen molar-refractivity contribution in [1.29, 1.82) is 0 Å². The molecule has 0 bridgehead atoms. The van der Waals surface area contributed by atoms with E-state index in [9.17, 15) is 4.79 Å². The van der Waals surface area contributed by atoms with Crippen LogP contribution in [-0.2, 0) is 0 Å². The molecule has 0 aliphatic heterocycles. The Morgan fingerprint density at radius 3 is 2.55 bits per heavy atom. The topological polar surface area (TPSA) is 81.1 Å². The zero-order valence-electron chi connectivity index (χ0n) is 12.2. The Morgan fingerprint density at radius 1 is 1.18 bits per heavy atom. The van der Waals surface area contributed by atoms with Crippen molar-refractivity contribution in [3.63, 3.8) is 0 Å². The standard InChI is InChI=1S/C16H19N3O2.ClH/c17-12-6-8-13(9-7-12)18-16(20)14-10-15(21-19-14)11-4-2-1-3-5-11;/h1-5,10,12-13H,6-9,17H2,(H,18,20);1H. The minimum Gasteiger partial charge on any atom is -0.355 e. The van der Waals surface area contributed by atoms with E-state index in [-0.39, 0.29) is 30.4 Å². The van der Waals surface area contributed by atoms with Crippen LogP contribution in [0.15, 0.2) is 40.9 Å². The van der Waals surface area contributed by atoms with Crippen molar-refractivity contribution in [2.24, 2.45) is 5.73 Å². The molecule has 1 aliphatic rings. The Morgan fingerprint density at radius 2 is 1.86 bits per heavy atom. The van der Waals surface area contributed by atoms with Crippen molar-refractivity contribution in [1.82, 2.24) is 10.5 Å². The predicted octanol–water partition coefficient (Wildman–Crippen LogP) is 2.76. The molecule has 1 saturated carbocycles. The van der Waals surface area contributed by atoms with Gasteiger partial charge in [-0.15, -0.1) is 12.4 Å². The molecular formula is C16H20ClN3O2. The minimum absolute atomic E-state index is 0. The Kier molecular flexibility index (Phi) is 5.57. The van der Waals surface area contributed by atoms with Crippen LogP contribution in [-0.4, -0.2) is 23.1 Å². The van der Waals surface area contributed by atoms with Gasteiger partial charge in [0.05, 0.1) is 0 Å². The second-order valence-electron chi connectivity index (χ2n) is 5.53. The van der Waals surface area contributed by atoms with Crippen LogP contribution in [0, 0.1) is 0 Å². The number of hydrogen-bond donors (Lipinski definition) is 2. The fourth-order valence-corrected chi connectivity index (χ4v) is 2.64. The molecule has 1 aromatic carbocycles. The maximum absolute atomic E-state index is 12.2. The Bertz CT molecular complexity index is 607. The van der Waals surface area contributed by atoms with Crippen LogP contribution in [0.3, 0.4) is 0 Å². The number of halogens is 1. The molecule has 1 amide bonds. The molecule has 0 atom stereocenters. The number of aromatic nitrogens is 1. The molecule has 1 aromatic heterocycles. The summed E-state index contributed by atoms with van der Waals surface area (Å²) in [5.74, 6) is 0.424. The summed E-state index contributed by atoms with van der Waals surface area (Å²) >= 11 is 0. The molecular weight excluding hydrogens is 302 g/mol. The van der Waals surface area contributed by atoms with Gasteiger partial charge in [-0.1, -0.05) is 35.5 Å². The highest BCUT2D eigenvalue weighted by Gasteiger charge is 2.22. The van der Waals surface area contributed by atoms with Gasteiger partial charge in [-0.25, -0.2) is 0 Å². The zero-order chi connectivity index (χ0) is 14.7. The molecule has 1 fully saturated rings. The summed E-state index contributed by atoms with van der Waals surface area (Å²) in [6, 6.07) is 11.8. The van der Waals surface area contributed by atoms with Crippen LogP contribution in [0.4, 0.5) is 0 Å². The van der Waals surface area contributed by atoms with Gasteiger partial charge in [-0.2, -0.15) is 0 Å². The fourth-order valence-electron chi connectivity index (χ4n) is 2.64. The van der Waals surface area contributed by atoms with Crippen LogP contribution < -0.4 is 11.1 Å². The normalized spacial score (nSPS) is 21.0. The van der Waals surface area contributed by atoms with E-state index in [1.807, 2.05) is 30.3 Å². The van der Waals surface area contributed by atoms with Crippen LogP contribution in [0.1, 0.15) is 36.2 Å². The molecule has 0 spiro atoms. The van der Waals surface area contributed by atoms with Crippen molar-refractivity contribution < 1.29 is 9.32 Å². The molecule has 0 unspecified atom stereocenters. The van der Waals surface area contributed by atoms with Crippen LogP contribution in [0.5, 0.6) is 0 Å². The molecule has 118 valence electrons. The smallest absolute Gasteiger partial charge is 0.273 e. The molecule has 2 aromatic rings. The summed E-state index contributed by atoms with van der Waals surface area (Å²) in [6.45, 7) is 0. The number of carbonyl (C=O) groups is 1. The van der Waals surface area contributed by atoms with Gasteiger partial charge < -0.3 is 15.6 Å². The summed E-state index contributed by atoms with van der Waals surface area (Å²) < 4.78 is 5.25. The summed E-state index contributed by atoms with van der Waals surface area (Å²) in [5, 5.41) is 6.86. The zero-order valence-corrected chi connectivity index (χ0v) is 13.0. The van der Waals surface area contributed by atoms with Gasteiger partial charge in [0.15, 0.2) is 11.5 Å². The van der Waals surface area contributed by atoms with Crippen LogP contribution >= 0.6 is 12.4 Å². The van der Waals surface area contributed by atoms with Crippen molar-refractivity contribution >= 4 is 18.3 Å². The molecule has 0 radical (unpaired) electrons. The molecule has 1 aliphatic carbocycles. The molecule has 6 heteroatoms. The highest BCUT2D eigenvalue weighted by molar-refractivity contribution is 5.93. The highest BCUT2D eigenvalue weighted by Crippen LogP contribution is 2.21. The van der Waals surface area contributed by atoms with E-state index < -0.39 is 0 Å². The van der Waals surface area contributed by atoms with E-state index >= 15 is 0 Å². The number of nitrogens with one attached hydrogen (secondary N) is 1. The monoisotopic (exact) mass is 321 g/mol. The lowest BCUT2D eigenvalue weighted by atomic mass is 9.92. The first-order valence-corrected chi connectivity index (χ1v) is 7.31. The number of hydrogen-bond acceptors (Lipinski definition) is 4. The molecule has 3 N–H and O–H groups in total. The van der Waals surface area contributed by atoms with Gasteiger partial charge in [0.25, 0.3) is 5.91 Å². The summed E-state index contributed by atoms with van der Waals surface area (Å²) in [7, 11) is 0. The first-order chi connectivity index (χ1) is 10.2. The van der Waals surface area contributed by atoms with Crippen molar-refractivity contribution in [2.45, 2.75) is 37.8 Å². The number of benzene rings is 1. The van der Waals surface area contributed by atoms with E-state index in [2.05, 4.69) is 10.5 Å². The molecule has 5 nitrogen and oxygen atoms in total. The average molecular weight is 322 g/mol. The first-order valence-electron chi connectivity index (χ1n) is 7.31. The lowest BCUT2D eigenvalue weighted by Crippen LogP contribution is -2.40. The summed E-state index contributed by atoms with van der Waals surface area (Å²) in [6.07, 6.45) is 3.77. The summed E-state index contributed by atoms with van der Waals surface area (Å²) in [4.78, 5) is 12.2. The quantitative estimate of drug-likeness (QED) is 0.910. The SMILES string of the molecule is Cl.NC1CCC(NC(=O)c2cc(-c3ccccc3)on2)CC1. The Labute approximate surface area is 135 Å².